The number of hydrogen-bond donors (Lipinski definition) is 0. The number of alkyl halides is 3. The van der Waals surface area contributed by atoms with E-state index in [-0.39, 0.29) is 18.4 Å². The van der Waals surface area contributed by atoms with Gasteiger partial charge in [0.1, 0.15) is 5.82 Å². The number of hydrogen-bond acceptors (Lipinski definition) is 1. The van der Waals surface area contributed by atoms with Crippen LogP contribution in [-0.2, 0) is 0 Å². The van der Waals surface area contributed by atoms with E-state index in [1.165, 1.54) is 18.2 Å². The lowest BCUT2D eigenvalue weighted by Gasteiger charge is -2.08. The molecule has 0 saturated heterocycles. The molecule has 0 radical (unpaired) electrons. The van der Waals surface area contributed by atoms with Crippen molar-refractivity contribution in [1.82, 2.24) is 0 Å². The van der Waals surface area contributed by atoms with Gasteiger partial charge in [0.25, 0.3) is 0 Å². The van der Waals surface area contributed by atoms with E-state index in [1.54, 1.807) is 18.2 Å². The minimum absolute atomic E-state index is 0.199. The lowest BCUT2D eigenvalue weighted by Crippen LogP contribution is -2.09. The number of ketones is 1. The van der Waals surface area contributed by atoms with Gasteiger partial charge in [-0.05, 0) is 23.9 Å². The third kappa shape index (κ3) is 3.35. The Morgan fingerprint density at radius 3 is 2.30 bits per heavy atom. The van der Waals surface area contributed by atoms with Gasteiger partial charge < -0.3 is 0 Å². The first-order chi connectivity index (χ1) is 9.38. The van der Waals surface area contributed by atoms with E-state index in [9.17, 15) is 22.4 Å². The molecule has 2 rings (SSSR count). The van der Waals surface area contributed by atoms with Gasteiger partial charge in [-0.1, -0.05) is 24.3 Å². The number of carbonyl (C=O) groups is 1. The molecule has 0 aliphatic carbocycles. The predicted octanol–water partition coefficient (Wildman–Crippen LogP) is 4.89. The summed E-state index contributed by atoms with van der Waals surface area (Å²) < 4.78 is 49.7. The van der Waals surface area contributed by atoms with Crippen LogP contribution in [-0.4, -0.2) is 12.0 Å². The summed E-state index contributed by atoms with van der Waals surface area (Å²) >= 11 is 0. The van der Waals surface area contributed by atoms with Crippen LogP contribution in [0, 0.1) is 5.82 Å². The molecule has 2 aromatic rings. The maximum absolute atomic E-state index is 13.6. The smallest absolute Gasteiger partial charge is 0.294 e. The monoisotopic (exact) mass is 284 g/mol. The second kappa shape index (κ2) is 5.61. The molecule has 2 aromatic carbocycles. The minimum atomic E-state index is -4.26. The van der Waals surface area contributed by atoms with Gasteiger partial charge in [0, 0.05) is 23.8 Å². The van der Waals surface area contributed by atoms with Gasteiger partial charge in [0.15, 0.2) is 5.78 Å². The molecule has 0 saturated carbocycles. The van der Waals surface area contributed by atoms with Crippen LogP contribution in [0.3, 0.4) is 0 Å². The molecule has 0 aliphatic rings. The Labute approximate surface area is 113 Å². The van der Waals surface area contributed by atoms with Gasteiger partial charge in [0.2, 0.25) is 0 Å². The van der Waals surface area contributed by atoms with Gasteiger partial charge in [-0.15, -0.1) is 0 Å². The molecule has 5 heteroatoms. The number of halogens is 4. The summed E-state index contributed by atoms with van der Waals surface area (Å²) in [6.45, 7) is 0. The van der Waals surface area contributed by atoms with E-state index in [4.69, 9.17) is 0 Å². The lowest BCUT2D eigenvalue weighted by atomic mass is 9.98. The van der Waals surface area contributed by atoms with Crippen molar-refractivity contribution >= 4 is 16.6 Å². The summed E-state index contributed by atoms with van der Waals surface area (Å²) in [5.74, 6) is -0.849. The highest BCUT2D eigenvalue weighted by Crippen LogP contribution is 2.26. The molecule has 0 spiro atoms. The summed E-state index contributed by atoms with van der Waals surface area (Å²) in [6, 6.07) is 8.93. The molecular formula is C15H12F4O. The lowest BCUT2D eigenvalue weighted by molar-refractivity contribution is -0.135. The molecule has 0 fully saturated rings. The fraction of sp³-hybridized carbons (Fsp3) is 0.267. The van der Waals surface area contributed by atoms with Gasteiger partial charge in [-0.25, -0.2) is 4.39 Å². The van der Waals surface area contributed by atoms with Gasteiger partial charge >= 0.3 is 6.18 Å². The average Bonchev–Trinajstić information content (AvgIpc) is 2.38. The van der Waals surface area contributed by atoms with Crippen molar-refractivity contribution in [3.05, 3.63) is 47.8 Å². The standard InChI is InChI=1S/C15H12F4O/c16-13-8-7-12(10-4-1-2-5-11(10)13)14(20)6-3-9-15(17,18)19/h1-2,4-5,7-8H,3,6,9H2. The molecule has 0 amide bonds. The van der Waals surface area contributed by atoms with Crippen LogP contribution in [0.15, 0.2) is 36.4 Å². The summed E-state index contributed by atoms with van der Waals surface area (Å²) in [6.07, 6.45) is -5.70. The van der Waals surface area contributed by atoms with Crippen molar-refractivity contribution in [2.75, 3.05) is 0 Å². The second-order valence-corrected chi connectivity index (χ2v) is 4.53. The Morgan fingerprint density at radius 2 is 1.65 bits per heavy atom. The van der Waals surface area contributed by atoms with Crippen LogP contribution in [0.1, 0.15) is 29.6 Å². The van der Waals surface area contributed by atoms with Gasteiger partial charge in [0.05, 0.1) is 0 Å². The Kier molecular flexibility index (Phi) is 4.06. The van der Waals surface area contributed by atoms with Crippen LogP contribution in [0.5, 0.6) is 0 Å². The molecule has 0 aliphatic heterocycles. The Hall–Kier alpha value is -1.91. The highest BCUT2D eigenvalue weighted by atomic mass is 19.4. The second-order valence-electron chi connectivity index (χ2n) is 4.53. The zero-order valence-electron chi connectivity index (χ0n) is 10.5. The molecule has 106 valence electrons. The molecule has 0 N–H and O–H groups in total. The number of fused-ring (bicyclic) bond motifs is 1. The van der Waals surface area contributed by atoms with E-state index < -0.39 is 24.2 Å². The van der Waals surface area contributed by atoms with Crippen LogP contribution >= 0.6 is 0 Å². The minimum Gasteiger partial charge on any atom is -0.294 e. The van der Waals surface area contributed by atoms with Crippen molar-refractivity contribution in [3.63, 3.8) is 0 Å². The fourth-order valence-corrected chi connectivity index (χ4v) is 2.09. The quantitative estimate of drug-likeness (QED) is 0.577. The summed E-state index contributed by atoms with van der Waals surface area (Å²) in [5.41, 5.74) is 0.268. The summed E-state index contributed by atoms with van der Waals surface area (Å²) in [7, 11) is 0. The van der Waals surface area contributed by atoms with Gasteiger partial charge in [-0.3, -0.25) is 4.79 Å². The zero-order chi connectivity index (χ0) is 14.8. The van der Waals surface area contributed by atoms with E-state index in [0.29, 0.717) is 10.8 Å². The van der Waals surface area contributed by atoms with Crippen LogP contribution in [0.25, 0.3) is 10.8 Å². The van der Waals surface area contributed by atoms with Crippen molar-refractivity contribution in [2.24, 2.45) is 0 Å². The highest BCUT2D eigenvalue weighted by molar-refractivity contribution is 6.08. The predicted molar refractivity (Wildman–Crippen MR) is 68.1 cm³/mol. The van der Waals surface area contributed by atoms with E-state index >= 15 is 0 Å². The Morgan fingerprint density at radius 1 is 1.00 bits per heavy atom. The molecular weight excluding hydrogens is 272 g/mol. The van der Waals surface area contributed by atoms with E-state index in [2.05, 4.69) is 0 Å². The number of benzene rings is 2. The van der Waals surface area contributed by atoms with E-state index in [0.717, 1.165) is 0 Å². The molecule has 0 atom stereocenters. The SMILES string of the molecule is O=C(CCCC(F)(F)F)c1ccc(F)c2ccccc12. The van der Waals surface area contributed by atoms with Crippen molar-refractivity contribution in [3.8, 4) is 0 Å². The Balaban J connectivity index is 2.21. The van der Waals surface area contributed by atoms with Crippen molar-refractivity contribution in [1.29, 1.82) is 0 Å². The number of rotatable bonds is 4. The fourth-order valence-electron chi connectivity index (χ4n) is 2.09. The number of carbonyl (C=O) groups excluding carboxylic acids is 1. The average molecular weight is 284 g/mol. The first-order valence-electron chi connectivity index (χ1n) is 6.16. The molecule has 1 nitrogen and oxygen atoms in total. The normalized spacial score (nSPS) is 11.8. The molecule has 0 unspecified atom stereocenters. The third-order valence-electron chi connectivity index (χ3n) is 3.04. The van der Waals surface area contributed by atoms with Crippen molar-refractivity contribution < 1.29 is 22.4 Å². The molecule has 0 heterocycles. The Bertz CT molecular complexity index is 631. The van der Waals surface area contributed by atoms with Gasteiger partial charge in [-0.2, -0.15) is 13.2 Å². The zero-order valence-corrected chi connectivity index (χ0v) is 10.5. The first-order valence-corrected chi connectivity index (χ1v) is 6.16. The summed E-state index contributed by atoms with van der Waals surface area (Å²) in [5, 5.41) is 0.735. The molecule has 20 heavy (non-hydrogen) atoms. The first kappa shape index (κ1) is 14.5. The summed E-state index contributed by atoms with van der Waals surface area (Å²) in [4.78, 5) is 12.0. The maximum atomic E-state index is 13.6. The molecule has 0 bridgehead atoms. The van der Waals surface area contributed by atoms with Crippen LogP contribution in [0.4, 0.5) is 17.6 Å². The van der Waals surface area contributed by atoms with E-state index in [1.807, 2.05) is 0 Å². The topological polar surface area (TPSA) is 17.1 Å². The van der Waals surface area contributed by atoms with Crippen molar-refractivity contribution in [2.45, 2.75) is 25.4 Å². The number of Topliss-reactive ketones (excluding diaryl/α,β-unsaturated/α-hetero) is 1. The third-order valence-corrected chi connectivity index (χ3v) is 3.04. The van der Waals surface area contributed by atoms with Crippen LogP contribution < -0.4 is 0 Å². The molecule has 0 aromatic heterocycles. The van der Waals surface area contributed by atoms with Crippen LogP contribution in [0.2, 0.25) is 0 Å². The largest absolute Gasteiger partial charge is 0.389 e. The highest BCUT2D eigenvalue weighted by Gasteiger charge is 2.26. The maximum Gasteiger partial charge on any atom is 0.389 e.